The molecule has 0 aromatic rings. The van der Waals surface area contributed by atoms with Crippen LogP contribution in [-0.4, -0.2) is 96.7 Å². The summed E-state index contributed by atoms with van der Waals surface area (Å²) in [5, 5.41) is 10.7. The van der Waals surface area contributed by atoms with Crippen LogP contribution in [0.4, 0.5) is 0 Å². The van der Waals surface area contributed by atoms with E-state index in [1.165, 1.54) is 257 Å². The molecule has 0 saturated carbocycles. The Balaban J connectivity index is 5.21. The molecular weight excluding hydrogens is 1340 g/mol. The van der Waals surface area contributed by atoms with E-state index < -0.39 is 97.5 Å². The zero-order valence-electron chi connectivity index (χ0n) is 67.6. The number of rotatable bonds is 83. The van der Waals surface area contributed by atoms with Crippen molar-refractivity contribution in [2.75, 3.05) is 39.6 Å². The number of esters is 4. The Kier molecular flexibility index (Phi) is 74.1. The van der Waals surface area contributed by atoms with Crippen LogP contribution in [0, 0.1) is 11.8 Å². The third kappa shape index (κ3) is 78.0. The third-order valence-corrected chi connectivity index (χ3v) is 21.6. The summed E-state index contributed by atoms with van der Waals surface area (Å²) in [7, 11) is -9.92. The minimum absolute atomic E-state index is 0.107. The number of ether oxygens (including phenoxy) is 4. The lowest BCUT2D eigenvalue weighted by atomic mass is 10.0. The van der Waals surface area contributed by atoms with Crippen LogP contribution in [-0.2, 0) is 65.4 Å². The highest BCUT2D eigenvalue weighted by molar-refractivity contribution is 7.47. The Hall–Kier alpha value is -1.94. The SMILES string of the molecule is CCCCCCCCCCCCCCCCCCCCCCCC(=O)O[C@H](COC(=O)CCCCCCCCCCCCCCCCCCC(C)C)COP(=O)(O)OC[C@@H](O)COP(=O)(O)OC[C@@H](COC(=O)CCCCCCCCCC(C)C)OC(=O)CCCCCCCCCCCCCCC. The zero-order valence-corrected chi connectivity index (χ0v) is 69.4. The summed E-state index contributed by atoms with van der Waals surface area (Å²) in [4.78, 5) is 73.1. The fourth-order valence-electron chi connectivity index (χ4n) is 13.1. The van der Waals surface area contributed by atoms with Crippen molar-refractivity contribution >= 4 is 39.5 Å². The lowest BCUT2D eigenvalue weighted by molar-refractivity contribution is -0.161. The van der Waals surface area contributed by atoms with E-state index in [9.17, 15) is 43.2 Å². The van der Waals surface area contributed by atoms with E-state index in [0.717, 1.165) is 102 Å². The highest BCUT2D eigenvalue weighted by Crippen LogP contribution is 2.45. The Morgan fingerprint density at radius 3 is 0.660 bits per heavy atom. The van der Waals surface area contributed by atoms with Crippen LogP contribution in [0.3, 0.4) is 0 Å². The summed E-state index contributed by atoms with van der Waals surface area (Å²) < 4.78 is 68.8. The van der Waals surface area contributed by atoms with Crippen LogP contribution >= 0.6 is 15.6 Å². The van der Waals surface area contributed by atoms with Crippen molar-refractivity contribution in [2.24, 2.45) is 11.8 Å². The lowest BCUT2D eigenvalue weighted by Crippen LogP contribution is -2.30. The van der Waals surface area contributed by atoms with Gasteiger partial charge in [0.25, 0.3) is 0 Å². The first-order chi connectivity index (χ1) is 49.9. The van der Waals surface area contributed by atoms with Crippen molar-refractivity contribution in [3.05, 3.63) is 0 Å². The Morgan fingerprint density at radius 1 is 0.262 bits per heavy atom. The molecule has 0 radical (unpaired) electrons. The lowest BCUT2D eigenvalue weighted by Gasteiger charge is -2.21. The van der Waals surface area contributed by atoms with E-state index in [4.69, 9.17) is 37.0 Å². The smallest absolute Gasteiger partial charge is 0.462 e. The number of hydrogen-bond donors (Lipinski definition) is 3. The molecule has 0 bridgehead atoms. The number of hydrogen-bond acceptors (Lipinski definition) is 15. The van der Waals surface area contributed by atoms with E-state index in [1.807, 2.05) is 0 Å². The molecule has 0 aromatic heterocycles. The minimum Gasteiger partial charge on any atom is -0.462 e. The average molecular weight is 1510 g/mol. The number of aliphatic hydroxyl groups is 1. The molecule has 19 heteroatoms. The highest BCUT2D eigenvalue weighted by Gasteiger charge is 2.30. The maximum absolute atomic E-state index is 13.1. The minimum atomic E-state index is -4.96. The number of carbonyl (C=O) groups excluding carboxylic acids is 4. The number of unbranched alkanes of at least 4 members (excludes halogenated alkanes) is 53. The molecule has 0 saturated heterocycles. The second-order valence-electron chi connectivity index (χ2n) is 31.2. The van der Waals surface area contributed by atoms with Crippen molar-refractivity contribution in [3.8, 4) is 0 Å². The van der Waals surface area contributed by atoms with Gasteiger partial charge in [-0.05, 0) is 37.5 Å². The van der Waals surface area contributed by atoms with E-state index >= 15 is 0 Å². The van der Waals surface area contributed by atoms with Gasteiger partial charge in [-0.15, -0.1) is 0 Å². The highest BCUT2D eigenvalue weighted by atomic mass is 31.2. The van der Waals surface area contributed by atoms with Crippen LogP contribution in [0.2, 0.25) is 0 Å². The summed E-state index contributed by atoms with van der Waals surface area (Å²) >= 11 is 0. The van der Waals surface area contributed by atoms with Crippen molar-refractivity contribution < 1.29 is 80.2 Å². The first-order valence-electron chi connectivity index (χ1n) is 43.5. The number of phosphoric acid groups is 2. The average Bonchev–Trinajstić information content (AvgIpc) is 0.915. The molecule has 0 aliphatic heterocycles. The number of aliphatic hydroxyl groups excluding tert-OH is 1. The second-order valence-corrected chi connectivity index (χ2v) is 34.1. The largest absolute Gasteiger partial charge is 0.472 e. The van der Waals surface area contributed by atoms with Crippen LogP contribution in [0.5, 0.6) is 0 Å². The van der Waals surface area contributed by atoms with Gasteiger partial charge in [-0.1, -0.05) is 395 Å². The molecule has 0 rings (SSSR count). The predicted molar refractivity (Wildman–Crippen MR) is 423 cm³/mol. The summed E-state index contributed by atoms with van der Waals surface area (Å²) in [5.41, 5.74) is 0. The zero-order chi connectivity index (χ0) is 75.6. The number of phosphoric ester groups is 2. The predicted octanol–water partition coefficient (Wildman–Crippen LogP) is 25.5. The molecule has 612 valence electrons. The molecule has 17 nitrogen and oxygen atoms in total. The Bertz CT molecular complexity index is 1980. The van der Waals surface area contributed by atoms with E-state index in [0.29, 0.717) is 31.6 Å². The first kappa shape index (κ1) is 101. The van der Waals surface area contributed by atoms with Gasteiger partial charge in [0.1, 0.15) is 19.3 Å². The van der Waals surface area contributed by atoms with Crippen molar-refractivity contribution in [1.82, 2.24) is 0 Å². The maximum atomic E-state index is 13.1. The van der Waals surface area contributed by atoms with Gasteiger partial charge in [0.05, 0.1) is 26.4 Å². The molecule has 0 fully saturated rings. The standard InChI is InChI=1S/C84H164O17P2/c1-7-9-11-13-15-17-19-21-22-23-24-25-26-27-32-36-40-44-50-57-63-69-84(89)100-79(72-94-81(86)66-60-54-48-42-38-35-31-29-28-30-34-37-41-46-52-58-64-76(3)4)74-98-102(90,91)96-70-78(85)71-97-103(92,93)99-75-80(73-95-82(87)67-61-55-51-45-47-53-59-65-77(5)6)101-83(88)68-62-56-49-43-39-33-20-18-16-14-12-10-8-2/h76-80,85H,7-75H2,1-6H3,(H,90,91)(H,92,93)/t78-,79-,80-/m1/s1. The first-order valence-corrected chi connectivity index (χ1v) is 46.5. The maximum Gasteiger partial charge on any atom is 0.472 e. The summed E-state index contributed by atoms with van der Waals surface area (Å²) in [5.74, 6) is -0.588. The van der Waals surface area contributed by atoms with Crippen molar-refractivity contribution in [1.29, 1.82) is 0 Å². The van der Waals surface area contributed by atoms with Crippen molar-refractivity contribution in [2.45, 2.75) is 464 Å². The molecule has 0 heterocycles. The Labute approximate surface area is 632 Å². The Morgan fingerprint density at radius 2 is 0.447 bits per heavy atom. The fourth-order valence-corrected chi connectivity index (χ4v) is 14.6. The van der Waals surface area contributed by atoms with Gasteiger partial charge in [-0.2, -0.15) is 0 Å². The van der Waals surface area contributed by atoms with Crippen LogP contribution < -0.4 is 0 Å². The molecule has 3 N–H and O–H groups in total. The molecule has 0 spiro atoms. The third-order valence-electron chi connectivity index (χ3n) is 19.7. The van der Waals surface area contributed by atoms with Gasteiger partial charge in [0.15, 0.2) is 12.2 Å². The number of carbonyl (C=O) groups is 4. The van der Waals surface area contributed by atoms with Gasteiger partial charge in [-0.25, -0.2) is 9.13 Å². The fraction of sp³-hybridized carbons (Fsp3) is 0.952. The quantitative estimate of drug-likeness (QED) is 0.0222. The summed E-state index contributed by atoms with van der Waals surface area (Å²) in [6.45, 7) is 9.63. The summed E-state index contributed by atoms with van der Waals surface area (Å²) in [6.07, 6.45) is 66.8. The van der Waals surface area contributed by atoms with Gasteiger partial charge >= 0.3 is 39.5 Å². The molecule has 0 aromatic carbocycles. The summed E-state index contributed by atoms with van der Waals surface area (Å²) in [6, 6.07) is 0. The normalized spacial score (nSPS) is 13.9. The van der Waals surface area contributed by atoms with Gasteiger partial charge in [-0.3, -0.25) is 37.3 Å². The molecule has 103 heavy (non-hydrogen) atoms. The molecule has 5 atom stereocenters. The molecule has 0 aliphatic rings. The molecule has 0 amide bonds. The van der Waals surface area contributed by atoms with Crippen LogP contribution in [0.1, 0.15) is 446 Å². The molecule has 0 aliphatic carbocycles. The van der Waals surface area contributed by atoms with E-state index in [-0.39, 0.29) is 25.7 Å². The van der Waals surface area contributed by atoms with E-state index in [1.54, 1.807) is 0 Å². The topological polar surface area (TPSA) is 237 Å². The van der Waals surface area contributed by atoms with Gasteiger partial charge in [0, 0.05) is 25.7 Å². The van der Waals surface area contributed by atoms with Gasteiger partial charge < -0.3 is 33.8 Å². The van der Waals surface area contributed by atoms with Crippen LogP contribution in [0.25, 0.3) is 0 Å². The van der Waals surface area contributed by atoms with Gasteiger partial charge in [0.2, 0.25) is 0 Å². The van der Waals surface area contributed by atoms with Crippen molar-refractivity contribution in [3.63, 3.8) is 0 Å². The molecule has 2 unspecified atom stereocenters. The molecular formula is C84H164O17P2. The monoisotopic (exact) mass is 1510 g/mol. The van der Waals surface area contributed by atoms with Crippen LogP contribution in [0.15, 0.2) is 0 Å². The van der Waals surface area contributed by atoms with E-state index in [2.05, 4.69) is 41.5 Å². The second kappa shape index (κ2) is 75.5.